The third-order valence-corrected chi connectivity index (χ3v) is 6.06. The third kappa shape index (κ3) is 1.73. The zero-order chi connectivity index (χ0) is 10.3. The summed E-state index contributed by atoms with van der Waals surface area (Å²) in [5.41, 5.74) is 0.196. The maximum Gasteiger partial charge on any atom is 0.0615 e. The van der Waals surface area contributed by atoms with Gasteiger partial charge in [-0.05, 0) is 38.6 Å². The van der Waals surface area contributed by atoms with Crippen LogP contribution in [0.25, 0.3) is 0 Å². The van der Waals surface area contributed by atoms with E-state index in [0.29, 0.717) is 6.61 Å². The molecule has 2 atom stereocenters. The van der Waals surface area contributed by atoms with Crippen LogP contribution >= 0.6 is 11.8 Å². The Bertz CT molecular complexity index is 244. The summed E-state index contributed by atoms with van der Waals surface area (Å²) < 4.78 is 0. The van der Waals surface area contributed by atoms with E-state index in [2.05, 4.69) is 16.7 Å². The molecular weight excluding hydrogens is 206 g/mol. The van der Waals surface area contributed by atoms with Crippen LogP contribution in [0.4, 0.5) is 0 Å². The Balaban J connectivity index is 1.61. The molecule has 2 nitrogen and oxygen atoms in total. The summed E-state index contributed by atoms with van der Waals surface area (Å²) in [7, 11) is 0. The topological polar surface area (TPSA) is 23.5 Å². The molecule has 1 aliphatic carbocycles. The van der Waals surface area contributed by atoms with Crippen molar-refractivity contribution in [1.82, 2.24) is 4.90 Å². The van der Waals surface area contributed by atoms with E-state index < -0.39 is 0 Å². The number of aliphatic hydroxyl groups is 1. The van der Waals surface area contributed by atoms with E-state index in [0.717, 1.165) is 10.5 Å². The minimum absolute atomic E-state index is 0.196. The molecule has 1 N–H and O–H groups in total. The highest BCUT2D eigenvalue weighted by molar-refractivity contribution is 8.00. The quantitative estimate of drug-likeness (QED) is 0.796. The maximum atomic E-state index is 9.60. The van der Waals surface area contributed by atoms with Gasteiger partial charge in [0.15, 0.2) is 0 Å². The number of aliphatic hydroxyl groups excluding tert-OH is 1. The van der Waals surface area contributed by atoms with Crippen molar-refractivity contribution in [2.24, 2.45) is 0 Å². The first-order valence-corrected chi connectivity index (χ1v) is 7.28. The van der Waals surface area contributed by atoms with Crippen molar-refractivity contribution in [2.45, 2.75) is 54.6 Å². The first-order valence-electron chi connectivity index (χ1n) is 6.34. The van der Waals surface area contributed by atoms with E-state index in [9.17, 15) is 5.11 Å². The van der Waals surface area contributed by atoms with Gasteiger partial charge in [0.05, 0.1) is 6.61 Å². The molecular formula is C12H21NOS. The van der Waals surface area contributed by atoms with Gasteiger partial charge in [-0.1, -0.05) is 6.42 Å². The number of hydrogen-bond acceptors (Lipinski definition) is 3. The fraction of sp³-hybridized carbons (Fsp3) is 1.00. The molecule has 0 bridgehead atoms. The average molecular weight is 227 g/mol. The van der Waals surface area contributed by atoms with E-state index in [4.69, 9.17) is 0 Å². The number of hydrogen-bond donors (Lipinski definition) is 1. The molecule has 3 aliphatic rings. The van der Waals surface area contributed by atoms with Gasteiger partial charge in [-0.25, -0.2) is 0 Å². The standard InChI is InChI=1S/C12H21NOS/c14-9-12-5-2-6-13(12)8-11(7-12)15-10-3-1-4-10/h10-11,14H,1-9H2. The van der Waals surface area contributed by atoms with Crippen molar-refractivity contribution in [3.63, 3.8) is 0 Å². The van der Waals surface area contributed by atoms with Crippen molar-refractivity contribution in [3.8, 4) is 0 Å². The van der Waals surface area contributed by atoms with Crippen LogP contribution in [-0.4, -0.2) is 45.7 Å². The van der Waals surface area contributed by atoms with Gasteiger partial charge in [0, 0.05) is 22.6 Å². The van der Waals surface area contributed by atoms with Crippen molar-refractivity contribution in [2.75, 3.05) is 19.7 Å². The van der Waals surface area contributed by atoms with Gasteiger partial charge in [-0.3, -0.25) is 4.90 Å². The number of thioether (sulfide) groups is 1. The fourth-order valence-electron chi connectivity index (χ4n) is 3.36. The lowest BCUT2D eigenvalue weighted by Gasteiger charge is -2.29. The smallest absolute Gasteiger partial charge is 0.0615 e. The van der Waals surface area contributed by atoms with E-state index in [-0.39, 0.29) is 5.54 Å². The summed E-state index contributed by atoms with van der Waals surface area (Å²) in [4.78, 5) is 2.56. The Hall–Kier alpha value is 0.270. The highest BCUT2D eigenvalue weighted by Gasteiger charge is 2.48. The predicted molar refractivity (Wildman–Crippen MR) is 64.3 cm³/mol. The van der Waals surface area contributed by atoms with Gasteiger partial charge in [0.25, 0.3) is 0 Å². The van der Waals surface area contributed by atoms with Crippen LogP contribution in [0.3, 0.4) is 0 Å². The first-order chi connectivity index (χ1) is 7.32. The maximum absolute atomic E-state index is 9.60. The fourth-order valence-corrected chi connectivity index (χ4v) is 5.18. The number of rotatable bonds is 3. The molecule has 86 valence electrons. The molecule has 3 heteroatoms. The summed E-state index contributed by atoms with van der Waals surface area (Å²) in [6, 6.07) is 0. The highest BCUT2D eigenvalue weighted by atomic mass is 32.2. The van der Waals surface area contributed by atoms with Crippen LogP contribution in [0.2, 0.25) is 0 Å². The second-order valence-corrected chi connectivity index (χ2v) is 7.05. The van der Waals surface area contributed by atoms with Gasteiger partial charge in [0.2, 0.25) is 0 Å². The summed E-state index contributed by atoms with van der Waals surface area (Å²) in [5, 5.41) is 11.4. The van der Waals surface area contributed by atoms with Crippen molar-refractivity contribution in [1.29, 1.82) is 0 Å². The van der Waals surface area contributed by atoms with E-state index in [1.807, 2.05) is 0 Å². The second-order valence-electron chi connectivity index (χ2n) is 5.45. The van der Waals surface area contributed by atoms with Gasteiger partial charge >= 0.3 is 0 Å². The van der Waals surface area contributed by atoms with Crippen LogP contribution in [0.15, 0.2) is 0 Å². The van der Waals surface area contributed by atoms with Crippen molar-refractivity contribution in [3.05, 3.63) is 0 Å². The lowest BCUT2D eigenvalue weighted by molar-refractivity contribution is 0.0999. The SMILES string of the molecule is OCC12CCCN1CC(SC1CCC1)C2. The minimum atomic E-state index is 0.196. The number of nitrogens with zero attached hydrogens (tertiary/aromatic N) is 1. The molecule has 2 heterocycles. The zero-order valence-electron chi connectivity index (χ0n) is 9.32. The largest absolute Gasteiger partial charge is 0.394 e. The summed E-state index contributed by atoms with van der Waals surface area (Å²) >= 11 is 2.21. The molecule has 2 aliphatic heterocycles. The minimum Gasteiger partial charge on any atom is -0.394 e. The molecule has 0 amide bonds. The summed E-state index contributed by atoms with van der Waals surface area (Å²) in [6.45, 7) is 2.85. The van der Waals surface area contributed by atoms with E-state index >= 15 is 0 Å². The molecule has 0 aromatic carbocycles. The van der Waals surface area contributed by atoms with Crippen LogP contribution in [0, 0.1) is 0 Å². The molecule has 1 saturated carbocycles. The van der Waals surface area contributed by atoms with Gasteiger partial charge < -0.3 is 5.11 Å². The van der Waals surface area contributed by atoms with Crippen LogP contribution in [-0.2, 0) is 0 Å². The molecule has 2 unspecified atom stereocenters. The number of fused-ring (bicyclic) bond motifs is 1. The molecule has 3 fully saturated rings. The Morgan fingerprint density at radius 2 is 2.13 bits per heavy atom. The van der Waals surface area contributed by atoms with Gasteiger partial charge in [-0.2, -0.15) is 11.8 Å². The molecule has 0 spiro atoms. The lowest BCUT2D eigenvalue weighted by atomic mass is 9.95. The van der Waals surface area contributed by atoms with Gasteiger partial charge in [0.1, 0.15) is 0 Å². The third-order valence-electron chi connectivity index (χ3n) is 4.50. The van der Waals surface area contributed by atoms with E-state index in [1.54, 1.807) is 0 Å². The lowest BCUT2D eigenvalue weighted by Crippen LogP contribution is -2.41. The van der Waals surface area contributed by atoms with Crippen molar-refractivity contribution < 1.29 is 5.11 Å². The molecule has 0 aromatic rings. The molecule has 0 aromatic heterocycles. The molecule has 2 saturated heterocycles. The molecule has 0 radical (unpaired) electrons. The highest BCUT2D eigenvalue weighted by Crippen LogP contribution is 2.45. The van der Waals surface area contributed by atoms with E-state index in [1.165, 1.54) is 51.6 Å². The Labute approximate surface area is 96.4 Å². The molecule has 15 heavy (non-hydrogen) atoms. The predicted octanol–water partition coefficient (Wildman–Crippen LogP) is 1.87. The average Bonchev–Trinajstić information content (AvgIpc) is 2.67. The van der Waals surface area contributed by atoms with Crippen molar-refractivity contribution >= 4 is 11.8 Å². The van der Waals surface area contributed by atoms with Gasteiger partial charge in [-0.15, -0.1) is 0 Å². The Morgan fingerprint density at radius 3 is 2.73 bits per heavy atom. The summed E-state index contributed by atoms with van der Waals surface area (Å²) in [5.74, 6) is 0. The van der Waals surface area contributed by atoms with Crippen LogP contribution in [0.1, 0.15) is 38.5 Å². The zero-order valence-corrected chi connectivity index (χ0v) is 10.1. The van der Waals surface area contributed by atoms with Crippen LogP contribution < -0.4 is 0 Å². The Morgan fingerprint density at radius 1 is 1.27 bits per heavy atom. The van der Waals surface area contributed by atoms with Crippen LogP contribution in [0.5, 0.6) is 0 Å². The normalized spacial score (nSPS) is 41.8. The monoisotopic (exact) mass is 227 g/mol. The first kappa shape index (κ1) is 10.4. The Kier molecular flexibility index (Phi) is 2.74. The summed E-state index contributed by atoms with van der Waals surface area (Å²) in [6.07, 6.45) is 8.08. The molecule has 3 rings (SSSR count). The second kappa shape index (κ2) is 3.94.